The van der Waals surface area contributed by atoms with E-state index in [4.69, 9.17) is 11.6 Å². The van der Waals surface area contributed by atoms with E-state index in [0.29, 0.717) is 27.0 Å². The summed E-state index contributed by atoms with van der Waals surface area (Å²) in [6.45, 7) is 2.02. The van der Waals surface area contributed by atoms with Crippen LogP contribution in [0.25, 0.3) is 16.3 Å². The number of aryl methyl sites for hydroxylation is 1. The molecule has 0 saturated carbocycles. The van der Waals surface area contributed by atoms with Gasteiger partial charge in [-0.2, -0.15) is 0 Å². The Labute approximate surface area is 256 Å². The van der Waals surface area contributed by atoms with E-state index in [1.54, 1.807) is 72.8 Å². The predicted octanol–water partition coefficient (Wildman–Crippen LogP) is 7.40. The first-order chi connectivity index (χ1) is 20.3. The zero-order valence-corrected chi connectivity index (χ0v) is 24.8. The fourth-order valence-electron chi connectivity index (χ4n) is 3.94. The number of carbonyl (C=O) groups excluding carboxylic acids is 3. The number of anilines is 2. The minimum absolute atomic E-state index is 0.0282. The minimum Gasteiger partial charge on any atom is -0.321 e. The van der Waals surface area contributed by atoms with Crippen molar-refractivity contribution >= 4 is 79.5 Å². The van der Waals surface area contributed by atoms with Gasteiger partial charge in [0.15, 0.2) is 5.13 Å². The average molecular weight is 613 g/mol. The predicted molar refractivity (Wildman–Crippen MR) is 172 cm³/mol. The molecule has 10 heteroatoms. The number of rotatable bonds is 9. The van der Waals surface area contributed by atoms with Crippen LogP contribution in [0.15, 0.2) is 108 Å². The lowest BCUT2D eigenvalue weighted by Crippen LogP contribution is -2.30. The van der Waals surface area contributed by atoms with Crippen molar-refractivity contribution in [2.24, 2.45) is 0 Å². The molecule has 1 aromatic heterocycles. The maximum absolute atomic E-state index is 13.4. The Morgan fingerprint density at radius 3 is 2.50 bits per heavy atom. The molecule has 3 N–H and O–H groups in total. The molecule has 7 nitrogen and oxygen atoms in total. The minimum atomic E-state index is -0.523. The van der Waals surface area contributed by atoms with Crippen LogP contribution in [-0.2, 0) is 9.59 Å². The fraction of sp³-hybridized carbons (Fsp3) is 0.0625. The summed E-state index contributed by atoms with van der Waals surface area (Å²) < 4.78 is 1.02. The Balaban J connectivity index is 1.25. The van der Waals surface area contributed by atoms with Crippen molar-refractivity contribution in [1.29, 1.82) is 0 Å². The molecule has 1 heterocycles. The molecule has 0 fully saturated rings. The van der Waals surface area contributed by atoms with Gasteiger partial charge in [0.25, 0.3) is 11.8 Å². The summed E-state index contributed by atoms with van der Waals surface area (Å²) >= 11 is 9.08. The normalized spacial score (nSPS) is 11.2. The molecule has 0 aliphatic heterocycles. The molecular formula is C32H25ClN4O3S2. The summed E-state index contributed by atoms with van der Waals surface area (Å²) in [6.07, 6.45) is 1.53. The number of carbonyl (C=O) groups is 3. The number of nitrogens with one attached hydrogen (secondary N) is 3. The molecule has 42 heavy (non-hydrogen) atoms. The van der Waals surface area contributed by atoms with Crippen LogP contribution in [0.2, 0.25) is 5.02 Å². The molecule has 0 atom stereocenters. The Hall–Kier alpha value is -4.44. The van der Waals surface area contributed by atoms with Crippen LogP contribution in [0, 0.1) is 6.92 Å². The number of halogens is 1. The van der Waals surface area contributed by atoms with Crippen LogP contribution in [0.4, 0.5) is 10.8 Å². The molecule has 210 valence electrons. The lowest BCUT2D eigenvalue weighted by Gasteiger charge is -2.12. The molecule has 0 bridgehead atoms. The van der Waals surface area contributed by atoms with Crippen LogP contribution in [0.1, 0.15) is 21.5 Å². The number of hydrogen-bond donors (Lipinski definition) is 3. The molecule has 5 aromatic rings. The van der Waals surface area contributed by atoms with Crippen LogP contribution < -0.4 is 16.0 Å². The Bertz CT molecular complexity index is 1800. The first-order valence-corrected chi connectivity index (χ1v) is 15.1. The van der Waals surface area contributed by atoms with Crippen LogP contribution in [0.5, 0.6) is 0 Å². The maximum Gasteiger partial charge on any atom is 0.272 e. The van der Waals surface area contributed by atoms with Gasteiger partial charge in [-0.1, -0.05) is 71.5 Å². The Kier molecular flexibility index (Phi) is 9.33. The van der Waals surface area contributed by atoms with Crippen molar-refractivity contribution in [1.82, 2.24) is 10.3 Å². The lowest BCUT2D eigenvalue weighted by atomic mass is 10.1. The van der Waals surface area contributed by atoms with E-state index in [1.165, 1.54) is 29.2 Å². The number of fused-ring (bicyclic) bond motifs is 1. The molecule has 0 aliphatic carbocycles. The molecule has 5 rings (SSSR count). The van der Waals surface area contributed by atoms with Crippen molar-refractivity contribution in [3.63, 3.8) is 0 Å². The lowest BCUT2D eigenvalue weighted by molar-refractivity contribution is -0.114. The second kappa shape index (κ2) is 13.5. The molecule has 0 aliphatic rings. The molecule has 4 aromatic carbocycles. The van der Waals surface area contributed by atoms with Gasteiger partial charge < -0.3 is 16.0 Å². The van der Waals surface area contributed by atoms with Crippen molar-refractivity contribution in [3.05, 3.63) is 124 Å². The summed E-state index contributed by atoms with van der Waals surface area (Å²) in [7, 11) is 0. The monoisotopic (exact) mass is 612 g/mol. The summed E-state index contributed by atoms with van der Waals surface area (Å²) in [5.41, 5.74) is 3.51. The SMILES string of the molecule is Cc1ccc2nc(NC(=O)CSc3cccc(NC(=O)/C(=C\c4ccccc4Cl)NC(=O)c4ccccc4)c3)sc2c1. The van der Waals surface area contributed by atoms with Gasteiger partial charge in [-0.05, 0) is 72.7 Å². The first-order valence-electron chi connectivity index (χ1n) is 12.9. The fourth-order valence-corrected chi connectivity index (χ4v) is 5.87. The van der Waals surface area contributed by atoms with Crippen molar-refractivity contribution in [2.75, 3.05) is 16.4 Å². The van der Waals surface area contributed by atoms with Crippen LogP contribution in [-0.4, -0.2) is 28.5 Å². The van der Waals surface area contributed by atoms with Gasteiger partial charge in [0.05, 0.1) is 16.0 Å². The number of amides is 3. The zero-order valence-electron chi connectivity index (χ0n) is 22.4. The van der Waals surface area contributed by atoms with Crippen molar-refractivity contribution < 1.29 is 14.4 Å². The number of thiazole rings is 1. The second-order valence-corrected chi connectivity index (χ2v) is 11.7. The average Bonchev–Trinajstić information content (AvgIpc) is 3.38. The van der Waals surface area contributed by atoms with Gasteiger partial charge >= 0.3 is 0 Å². The number of nitrogens with zero attached hydrogens (tertiary/aromatic N) is 1. The molecule has 0 spiro atoms. The molecule has 0 saturated heterocycles. The summed E-state index contributed by atoms with van der Waals surface area (Å²) in [4.78, 5) is 44.1. The highest BCUT2D eigenvalue weighted by molar-refractivity contribution is 8.00. The molecule has 0 radical (unpaired) electrons. The van der Waals surface area contributed by atoms with Gasteiger partial charge in [-0.25, -0.2) is 4.98 Å². The number of aromatic nitrogens is 1. The van der Waals surface area contributed by atoms with Crippen LogP contribution in [0.3, 0.4) is 0 Å². The largest absolute Gasteiger partial charge is 0.321 e. The Morgan fingerprint density at radius 1 is 0.905 bits per heavy atom. The topological polar surface area (TPSA) is 100 Å². The first kappa shape index (κ1) is 29.1. The van der Waals surface area contributed by atoms with Crippen LogP contribution >= 0.6 is 34.7 Å². The highest BCUT2D eigenvalue weighted by atomic mass is 35.5. The summed E-state index contributed by atoms with van der Waals surface area (Å²) in [5, 5.41) is 9.40. The van der Waals surface area contributed by atoms with E-state index in [2.05, 4.69) is 20.9 Å². The van der Waals surface area contributed by atoms with E-state index in [0.717, 1.165) is 20.7 Å². The van der Waals surface area contributed by atoms with E-state index < -0.39 is 11.8 Å². The van der Waals surface area contributed by atoms with Gasteiger partial charge in [0, 0.05) is 21.2 Å². The highest BCUT2D eigenvalue weighted by Gasteiger charge is 2.16. The Morgan fingerprint density at radius 2 is 1.69 bits per heavy atom. The van der Waals surface area contributed by atoms with E-state index in [1.807, 2.05) is 31.2 Å². The quantitative estimate of drug-likeness (QED) is 0.119. The van der Waals surface area contributed by atoms with E-state index in [-0.39, 0.29) is 17.4 Å². The zero-order chi connectivity index (χ0) is 29.5. The smallest absolute Gasteiger partial charge is 0.272 e. The van der Waals surface area contributed by atoms with Gasteiger partial charge in [-0.15, -0.1) is 11.8 Å². The maximum atomic E-state index is 13.4. The third-order valence-electron chi connectivity index (χ3n) is 5.99. The van der Waals surface area contributed by atoms with Gasteiger partial charge in [-0.3, -0.25) is 14.4 Å². The van der Waals surface area contributed by atoms with Crippen molar-refractivity contribution in [3.8, 4) is 0 Å². The van der Waals surface area contributed by atoms with E-state index >= 15 is 0 Å². The summed E-state index contributed by atoms with van der Waals surface area (Å²) in [5.74, 6) is -0.969. The summed E-state index contributed by atoms with van der Waals surface area (Å²) in [6, 6.07) is 28.8. The van der Waals surface area contributed by atoms with Gasteiger partial charge in [0.2, 0.25) is 5.91 Å². The number of benzene rings is 4. The van der Waals surface area contributed by atoms with Gasteiger partial charge in [0.1, 0.15) is 5.70 Å². The highest BCUT2D eigenvalue weighted by Crippen LogP contribution is 2.28. The number of thioether (sulfide) groups is 1. The molecule has 3 amide bonds. The third-order valence-corrected chi connectivity index (χ3v) is 8.26. The van der Waals surface area contributed by atoms with E-state index in [9.17, 15) is 14.4 Å². The third kappa shape index (κ3) is 7.64. The molecule has 0 unspecified atom stereocenters. The standard InChI is InChI=1S/C32H25ClN4O3S2/c1-20-14-15-26-28(16-20)42-32(36-26)37-29(38)19-41-24-12-7-11-23(18-24)34-31(40)27(17-22-10-5-6-13-25(22)33)35-30(39)21-8-3-2-4-9-21/h2-18H,19H2,1H3,(H,34,40)(H,35,39)(H,36,37,38)/b27-17+. The van der Waals surface area contributed by atoms with Crippen molar-refractivity contribution in [2.45, 2.75) is 11.8 Å². The molecular weight excluding hydrogens is 588 g/mol. The second-order valence-electron chi connectivity index (χ2n) is 9.21. The number of hydrogen-bond acceptors (Lipinski definition) is 6.